The van der Waals surface area contributed by atoms with Gasteiger partial charge in [-0.05, 0) is 12.8 Å². The van der Waals surface area contributed by atoms with E-state index in [1.54, 1.807) is 0 Å². The number of likely N-dealkylation sites (N-methyl/N-ethyl adjacent to an activating group) is 1. The first-order valence-electron chi connectivity index (χ1n) is 30.4. The summed E-state index contributed by atoms with van der Waals surface area (Å²) in [6.45, 7) is 4.92. The summed E-state index contributed by atoms with van der Waals surface area (Å²) in [6, 6.07) is -0.754. The van der Waals surface area contributed by atoms with Crippen LogP contribution in [0.25, 0.3) is 0 Å². The van der Waals surface area contributed by atoms with E-state index in [0.717, 1.165) is 38.5 Å². The van der Waals surface area contributed by atoms with E-state index in [4.69, 9.17) is 9.05 Å². The zero-order valence-corrected chi connectivity index (χ0v) is 47.5. The molecule has 0 radical (unpaired) electrons. The summed E-state index contributed by atoms with van der Waals surface area (Å²) in [5.41, 5.74) is 0. The van der Waals surface area contributed by atoms with Crippen LogP contribution < -0.4 is 5.32 Å². The van der Waals surface area contributed by atoms with Crippen LogP contribution in [0.4, 0.5) is 0 Å². The van der Waals surface area contributed by atoms with Crippen LogP contribution in [0.1, 0.15) is 322 Å². The Morgan fingerprint density at radius 2 is 0.706 bits per heavy atom. The van der Waals surface area contributed by atoms with Crippen LogP contribution in [0.2, 0.25) is 0 Å². The fraction of sp³-hybridized carbons (Fsp3) is 0.983. The summed E-state index contributed by atoms with van der Waals surface area (Å²) < 4.78 is 23.7. The molecule has 1 amide bonds. The van der Waals surface area contributed by atoms with Gasteiger partial charge in [-0.15, -0.1) is 0 Å². The maximum atomic E-state index is 13.0. The van der Waals surface area contributed by atoms with Crippen molar-refractivity contribution in [1.82, 2.24) is 5.32 Å². The van der Waals surface area contributed by atoms with E-state index in [2.05, 4.69) is 19.2 Å². The van der Waals surface area contributed by atoms with Crippen molar-refractivity contribution in [3.05, 3.63) is 0 Å². The van der Waals surface area contributed by atoms with Crippen molar-refractivity contribution in [2.24, 2.45) is 0 Å². The highest BCUT2D eigenvalue weighted by molar-refractivity contribution is 7.47. The lowest BCUT2D eigenvalue weighted by molar-refractivity contribution is -0.870. The molecule has 0 aliphatic heterocycles. The van der Waals surface area contributed by atoms with Crippen LogP contribution in [-0.4, -0.2) is 73.4 Å². The minimum Gasteiger partial charge on any atom is -0.391 e. The van der Waals surface area contributed by atoms with Gasteiger partial charge in [0.15, 0.2) is 0 Å². The summed E-state index contributed by atoms with van der Waals surface area (Å²) in [5, 5.41) is 14.0. The number of aliphatic hydroxyl groups excluding tert-OH is 1. The lowest BCUT2D eigenvalue weighted by Gasteiger charge is -2.26. The molecular weight excluding hydrogens is 864 g/mol. The minimum atomic E-state index is -4.31. The maximum absolute atomic E-state index is 13.0. The number of nitrogens with zero attached hydrogens (tertiary/aromatic N) is 1. The third-order valence-corrected chi connectivity index (χ3v) is 15.3. The molecule has 0 aliphatic carbocycles. The molecule has 0 saturated carbocycles. The first-order valence-corrected chi connectivity index (χ1v) is 31.9. The minimum absolute atomic E-state index is 0.0787. The topological polar surface area (TPSA) is 105 Å². The molecular formula is C59H122N2O6P+. The zero-order valence-electron chi connectivity index (χ0n) is 46.6. The average Bonchev–Trinajstić information content (AvgIpc) is 3.30. The second kappa shape index (κ2) is 51.4. The highest BCUT2D eigenvalue weighted by Crippen LogP contribution is 2.43. The molecule has 3 unspecified atom stereocenters. The number of quaternary nitrogens is 1. The quantitative estimate of drug-likeness (QED) is 0.0319. The van der Waals surface area contributed by atoms with Crippen molar-refractivity contribution >= 4 is 13.7 Å². The molecule has 0 heterocycles. The standard InChI is InChI=1S/C59H121N2O6P/c1-6-8-10-12-14-16-18-19-20-21-22-23-24-25-26-27-28-29-30-31-32-33-34-35-36-37-38-39-40-41-43-45-47-49-51-53-59(63)60-57(56-67-68(64,65)66-55-54-61(3,4)5)58(62)52-50-48-46-44-42-17-15-13-11-9-7-2/h57-58,62H,6-56H2,1-5H3,(H-,60,63,64,65)/p+1. The number of carbonyl (C=O) groups is 1. The van der Waals surface area contributed by atoms with Crippen molar-refractivity contribution in [3.8, 4) is 0 Å². The Kier molecular flexibility index (Phi) is 51.0. The van der Waals surface area contributed by atoms with Crippen LogP contribution in [0, 0.1) is 0 Å². The normalized spacial score (nSPS) is 13.8. The molecule has 0 aliphatic rings. The third kappa shape index (κ3) is 53.3. The van der Waals surface area contributed by atoms with E-state index >= 15 is 0 Å². The Labute approximate surface area is 425 Å². The van der Waals surface area contributed by atoms with Gasteiger partial charge in [0.25, 0.3) is 0 Å². The Morgan fingerprint density at radius 1 is 0.441 bits per heavy atom. The lowest BCUT2D eigenvalue weighted by Crippen LogP contribution is -2.46. The fourth-order valence-corrected chi connectivity index (χ4v) is 10.3. The molecule has 8 nitrogen and oxygen atoms in total. The van der Waals surface area contributed by atoms with Crippen molar-refractivity contribution in [3.63, 3.8) is 0 Å². The molecule has 0 aromatic carbocycles. The monoisotopic (exact) mass is 986 g/mol. The number of phosphoric acid groups is 1. The second-order valence-electron chi connectivity index (χ2n) is 22.4. The van der Waals surface area contributed by atoms with Gasteiger partial charge in [0.1, 0.15) is 13.2 Å². The first kappa shape index (κ1) is 67.5. The molecule has 0 fully saturated rings. The van der Waals surface area contributed by atoms with Gasteiger partial charge in [0.2, 0.25) is 5.91 Å². The second-order valence-corrected chi connectivity index (χ2v) is 23.9. The van der Waals surface area contributed by atoms with Gasteiger partial charge in [0, 0.05) is 6.42 Å². The SMILES string of the molecule is CCCCCCCCCCCCCCCCCCCCCCCCCCCCCCCCCCCCCC(=O)NC(COP(=O)(O)OCC[N+](C)(C)C)C(O)CCCCCCCCCCCCC. The fourth-order valence-electron chi connectivity index (χ4n) is 9.58. The van der Waals surface area contributed by atoms with Crippen LogP contribution in [0.5, 0.6) is 0 Å². The van der Waals surface area contributed by atoms with Crippen molar-refractivity contribution < 1.29 is 32.9 Å². The summed E-state index contributed by atoms with van der Waals surface area (Å²) in [4.78, 5) is 23.3. The first-order chi connectivity index (χ1) is 33.0. The number of nitrogens with one attached hydrogen (secondary N) is 1. The van der Waals surface area contributed by atoms with Crippen molar-refractivity contribution in [1.29, 1.82) is 0 Å². The zero-order chi connectivity index (χ0) is 49.9. The number of carbonyl (C=O) groups excluding carboxylic acids is 1. The lowest BCUT2D eigenvalue weighted by atomic mass is 10.0. The average molecular weight is 987 g/mol. The molecule has 9 heteroatoms. The number of rotatable bonds is 57. The number of phosphoric ester groups is 1. The van der Waals surface area contributed by atoms with Crippen LogP contribution >= 0.6 is 7.82 Å². The van der Waals surface area contributed by atoms with Gasteiger partial charge in [-0.3, -0.25) is 13.8 Å². The van der Waals surface area contributed by atoms with E-state index in [1.807, 2.05) is 21.1 Å². The van der Waals surface area contributed by atoms with Gasteiger partial charge < -0.3 is 19.8 Å². The number of unbranched alkanes of at least 4 members (excludes halogenated alkanes) is 44. The molecule has 0 saturated heterocycles. The maximum Gasteiger partial charge on any atom is 0.472 e. The van der Waals surface area contributed by atoms with E-state index < -0.39 is 20.0 Å². The van der Waals surface area contributed by atoms with Gasteiger partial charge in [-0.1, -0.05) is 303 Å². The van der Waals surface area contributed by atoms with Crippen LogP contribution in [-0.2, 0) is 18.4 Å². The predicted octanol–water partition coefficient (Wildman–Crippen LogP) is 18.4. The predicted molar refractivity (Wildman–Crippen MR) is 296 cm³/mol. The molecule has 408 valence electrons. The van der Waals surface area contributed by atoms with Crippen LogP contribution in [0.3, 0.4) is 0 Å². The Morgan fingerprint density at radius 3 is 0.985 bits per heavy atom. The highest BCUT2D eigenvalue weighted by atomic mass is 31.2. The number of amides is 1. The Bertz CT molecular complexity index is 1070. The summed E-state index contributed by atoms with van der Waals surface area (Å²) in [7, 11) is 1.63. The van der Waals surface area contributed by atoms with Gasteiger partial charge in [-0.2, -0.15) is 0 Å². The van der Waals surface area contributed by atoms with Gasteiger partial charge >= 0.3 is 7.82 Å². The molecule has 68 heavy (non-hydrogen) atoms. The third-order valence-electron chi connectivity index (χ3n) is 14.4. The summed E-state index contributed by atoms with van der Waals surface area (Å²) in [6.07, 6.45) is 62.0. The van der Waals surface area contributed by atoms with E-state index in [1.165, 1.54) is 257 Å². The summed E-state index contributed by atoms with van der Waals surface area (Å²) in [5.74, 6) is -0.138. The van der Waals surface area contributed by atoms with E-state index in [0.29, 0.717) is 23.9 Å². The largest absolute Gasteiger partial charge is 0.472 e. The van der Waals surface area contributed by atoms with Crippen molar-refractivity contribution in [2.45, 2.75) is 334 Å². The Balaban J connectivity index is 3.83. The van der Waals surface area contributed by atoms with Gasteiger partial charge in [-0.25, -0.2) is 4.57 Å². The van der Waals surface area contributed by atoms with E-state index in [9.17, 15) is 19.4 Å². The molecule has 0 spiro atoms. The van der Waals surface area contributed by atoms with Gasteiger partial charge in [0.05, 0.1) is 39.9 Å². The molecule has 0 aromatic rings. The molecule has 3 atom stereocenters. The van der Waals surface area contributed by atoms with Crippen LogP contribution in [0.15, 0.2) is 0 Å². The molecule has 3 N–H and O–H groups in total. The smallest absolute Gasteiger partial charge is 0.391 e. The Hall–Kier alpha value is -0.500. The van der Waals surface area contributed by atoms with Crippen molar-refractivity contribution in [2.75, 3.05) is 40.9 Å². The molecule has 0 aromatic heterocycles. The molecule has 0 rings (SSSR count). The number of hydrogen-bond acceptors (Lipinski definition) is 5. The molecule has 0 bridgehead atoms. The number of aliphatic hydroxyl groups is 1. The highest BCUT2D eigenvalue weighted by Gasteiger charge is 2.28. The van der Waals surface area contributed by atoms with E-state index in [-0.39, 0.29) is 19.1 Å². The number of hydrogen-bond donors (Lipinski definition) is 3. The summed E-state index contributed by atoms with van der Waals surface area (Å²) >= 11 is 0.